The van der Waals surface area contributed by atoms with E-state index in [1.54, 1.807) is 12.1 Å². The van der Waals surface area contributed by atoms with Gasteiger partial charge in [0.2, 0.25) is 0 Å². The predicted molar refractivity (Wildman–Crippen MR) is 131 cm³/mol. The van der Waals surface area contributed by atoms with E-state index < -0.39 is 0 Å². The van der Waals surface area contributed by atoms with Crippen LogP contribution in [0.4, 0.5) is 5.69 Å². The van der Waals surface area contributed by atoms with Gasteiger partial charge in [-0.2, -0.15) is 0 Å². The van der Waals surface area contributed by atoms with Gasteiger partial charge in [0.15, 0.2) is 0 Å². The number of hydrogen-bond donors (Lipinski definition) is 1. The molecular weight excluding hydrogens is 428 g/mol. The van der Waals surface area contributed by atoms with Gasteiger partial charge in [0.05, 0.1) is 18.9 Å². The summed E-state index contributed by atoms with van der Waals surface area (Å²) < 4.78 is 13.3. The number of nitrogens with one attached hydrogen (secondary N) is 1. The summed E-state index contributed by atoms with van der Waals surface area (Å²) in [6.45, 7) is 6.66. The third kappa shape index (κ3) is 5.27. The highest BCUT2D eigenvalue weighted by molar-refractivity contribution is 6.04. The summed E-state index contributed by atoms with van der Waals surface area (Å²) in [5, 5.41) is 3.00. The number of aromatic nitrogens is 2. The number of nitrogens with zero attached hydrogens (tertiary/aromatic N) is 3. The zero-order chi connectivity index (χ0) is 23.3. The third-order valence-corrected chi connectivity index (χ3v) is 5.93. The van der Waals surface area contributed by atoms with Crippen molar-refractivity contribution >= 4 is 17.2 Å². The van der Waals surface area contributed by atoms with E-state index in [-0.39, 0.29) is 5.91 Å². The van der Waals surface area contributed by atoms with Gasteiger partial charge in [-0.15, -0.1) is 0 Å². The lowest BCUT2D eigenvalue weighted by molar-refractivity contribution is 0.0342. The van der Waals surface area contributed by atoms with Crippen LogP contribution < -0.4 is 10.1 Å². The summed E-state index contributed by atoms with van der Waals surface area (Å²) in [7, 11) is 0. The standard InChI is InChI=1S/C27H28N4O3/c1-20-4-3-11-31-18-24(28-26(20)31)19-34-25-9-7-22(8-10-25)27(32)29-23-6-2-5-21(16-23)17-30-12-14-33-15-13-30/h2-11,16,18H,12-15,17,19H2,1H3,(H,29,32). The molecule has 174 valence electrons. The zero-order valence-corrected chi connectivity index (χ0v) is 19.2. The first-order valence-electron chi connectivity index (χ1n) is 11.5. The first-order valence-corrected chi connectivity index (χ1v) is 11.5. The molecule has 1 saturated heterocycles. The van der Waals surface area contributed by atoms with Crippen LogP contribution >= 0.6 is 0 Å². The second kappa shape index (κ2) is 10.1. The van der Waals surface area contributed by atoms with Gasteiger partial charge in [0.1, 0.15) is 18.0 Å². The van der Waals surface area contributed by atoms with Crippen molar-refractivity contribution in [2.45, 2.75) is 20.1 Å². The maximum absolute atomic E-state index is 12.7. The molecule has 0 aliphatic carbocycles. The molecule has 1 aliphatic rings. The number of anilines is 1. The molecule has 0 saturated carbocycles. The van der Waals surface area contributed by atoms with Gasteiger partial charge in [-0.3, -0.25) is 9.69 Å². The van der Waals surface area contributed by atoms with Gasteiger partial charge >= 0.3 is 0 Å². The number of pyridine rings is 1. The number of imidazole rings is 1. The van der Waals surface area contributed by atoms with Crippen molar-refractivity contribution in [3.8, 4) is 5.75 Å². The van der Waals surface area contributed by atoms with Crippen LogP contribution in [-0.4, -0.2) is 46.5 Å². The lowest BCUT2D eigenvalue weighted by Gasteiger charge is -2.26. The normalized spacial score (nSPS) is 14.3. The Balaban J connectivity index is 1.17. The summed E-state index contributed by atoms with van der Waals surface area (Å²) in [5.41, 5.74) is 5.45. The summed E-state index contributed by atoms with van der Waals surface area (Å²) >= 11 is 0. The van der Waals surface area contributed by atoms with Crippen molar-refractivity contribution < 1.29 is 14.3 Å². The van der Waals surface area contributed by atoms with Gasteiger partial charge in [0, 0.05) is 43.3 Å². The molecule has 0 unspecified atom stereocenters. The average molecular weight is 457 g/mol. The van der Waals surface area contributed by atoms with Gasteiger partial charge < -0.3 is 19.2 Å². The highest BCUT2D eigenvalue weighted by Gasteiger charge is 2.12. The molecule has 1 N–H and O–H groups in total. The number of ether oxygens (including phenoxy) is 2. The monoisotopic (exact) mass is 456 g/mol. The Bertz CT molecular complexity index is 1280. The molecule has 7 nitrogen and oxygen atoms in total. The van der Waals surface area contributed by atoms with Crippen molar-refractivity contribution in [1.82, 2.24) is 14.3 Å². The molecule has 1 fully saturated rings. The van der Waals surface area contributed by atoms with Crippen LogP contribution in [-0.2, 0) is 17.9 Å². The molecule has 3 heterocycles. The molecule has 0 spiro atoms. The SMILES string of the molecule is Cc1cccn2cc(COc3ccc(C(=O)Nc4cccc(CN5CCOCC5)c4)cc3)nc12. The second-order valence-corrected chi connectivity index (χ2v) is 8.51. The first-order chi connectivity index (χ1) is 16.6. The zero-order valence-electron chi connectivity index (χ0n) is 19.2. The van der Waals surface area contributed by atoms with E-state index in [0.29, 0.717) is 17.9 Å². The van der Waals surface area contributed by atoms with Crippen LogP contribution in [0.5, 0.6) is 5.75 Å². The number of rotatable bonds is 7. The third-order valence-electron chi connectivity index (χ3n) is 5.93. The number of amides is 1. The highest BCUT2D eigenvalue weighted by atomic mass is 16.5. The maximum Gasteiger partial charge on any atom is 0.255 e. The van der Waals surface area contributed by atoms with Gasteiger partial charge in [-0.1, -0.05) is 18.2 Å². The lowest BCUT2D eigenvalue weighted by Crippen LogP contribution is -2.35. The van der Waals surface area contributed by atoms with Crippen LogP contribution in [0, 0.1) is 6.92 Å². The molecular formula is C27H28N4O3. The number of carbonyl (C=O) groups excluding carboxylic acids is 1. The molecule has 0 radical (unpaired) electrons. The fourth-order valence-electron chi connectivity index (χ4n) is 4.10. The second-order valence-electron chi connectivity index (χ2n) is 8.51. The summed E-state index contributed by atoms with van der Waals surface area (Å²) in [6, 6.07) is 19.2. The number of benzene rings is 2. The topological polar surface area (TPSA) is 68.1 Å². The predicted octanol–water partition coefficient (Wildman–Crippen LogP) is 4.31. The Morgan fingerprint density at radius 1 is 1.09 bits per heavy atom. The van der Waals surface area contributed by atoms with Gasteiger partial charge in [-0.05, 0) is 60.5 Å². The average Bonchev–Trinajstić information content (AvgIpc) is 3.29. The molecule has 34 heavy (non-hydrogen) atoms. The van der Waals surface area contributed by atoms with Gasteiger partial charge in [-0.25, -0.2) is 4.98 Å². The van der Waals surface area contributed by atoms with Crippen molar-refractivity contribution in [1.29, 1.82) is 0 Å². The Hall–Kier alpha value is -3.68. The fraction of sp³-hybridized carbons (Fsp3) is 0.259. The molecule has 0 atom stereocenters. The minimum atomic E-state index is -0.147. The van der Waals surface area contributed by atoms with E-state index in [1.165, 1.54) is 5.56 Å². The maximum atomic E-state index is 12.7. The Labute approximate surface area is 198 Å². The molecule has 0 bridgehead atoms. The number of hydrogen-bond acceptors (Lipinski definition) is 5. The quantitative estimate of drug-likeness (QED) is 0.449. The van der Waals surface area contributed by atoms with E-state index in [0.717, 1.165) is 55.4 Å². The largest absolute Gasteiger partial charge is 0.487 e. The molecule has 2 aromatic heterocycles. The van der Waals surface area contributed by atoms with Crippen LogP contribution in [0.15, 0.2) is 73.1 Å². The number of morpholine rings is 1. The van der Waals surface area contributed by atoms with E-state index in [2.05, 4.69) is 21.3 Å². The fourth-order valence-corrected chi connectivity index (χ4v) is 4.10. The summed E-state index contributed by atoms with van der Waals surface area (Å²) in [6.07, 6.45) is 3.95. The number of fused-ring (bicyclic) bond motifs is 1. The van der Waals surface area contributed by atoms with Crippen LogP contribution in [0.25, 0.3) is 5.65 Å². The molecule has 1 aliphatic heterocycles. The van der Waals surface area contributed by atoms with Crippen molar-refractivity contribution in [3.63, 3.8) is 0 Å². The van der Waals surface area contributed by atoms with Crippen LogP contribution in [0.2, 0.25) is 0 Å². The van der Waals surface area contributed by atoms with E-state index in [4.69, 9.17) is 9.47 Å². The first kappa shape index (κ1) is 22.1. The summed E-state index contributed by atoms with van der Waals surface area (Å²) in [4.78, 5) is 19.7. The smallest absolute Gasteiger partial charge is 0.255 e. The molecule has 7 heteroatoms. The van der Waals surface area contributed by atoms with Crippen molar-refractivity contribution in [3.05, 3.63) is 95.4 Å². The van der Waals surface area contributed by atoms with Crippen molar-refractivity contribution in [2.24, 2.45) is 0 Å². The number of carbonyl (C=O) groups is 1. The Morgan fingerprint density at radius 2 is 1.91 bits per heavy atom. The molecule has 5 rings (SSSR count). The van der Waals surface area contributed by atoms with Crippen LogP contribution in [0.3, 0.4) is 0 Å². The minimum Gasteiger partial charge on any atom is -0.487 e. The molecule has 2 aromatic carbocycles. The highest BCUT2D eigenvalue weighted by Crippen LogP contribution is 2.18. The Kier molecular flexibility index (Phi) is 6.56. The lowest BCUT2D eigenvalue weighted by atomic mass is 10.1. The van der Waals surface area contributed by atoms with E-state index in [1.807, 2.05) is 66.2 Å². The number of aryl methyl sites for hydroxylation is 1. The molecule has 1 amide bonds. The Morgan fingerprint density at radius 3 is 2.71 bits per heavy atom. The van der Waals surface area contributed by atoms with Crippen LogP contribution in [0.1, 0.15) is 27.2 Å². The summed E-state index contributed by atoms with van der Waals surface area (Å²) in [5.74, 6) is 0.545. The van der Waals surface area contributed by atoms with E-state index in [9.17, 15) is 4.79 Å². The van der Waals surface area contributed by atoms with Gasteiger partial charge in [0.25, 0.3) is 5.91 Å². The van der Waals surface area contributed by atoms with Crippen molar-refractivity contribution in [2.75, 3.05) is 31.6 Å². The van der Waals surface area contributed by atoms with E-state index >= 15 is 0 Å². The minimum absolute atomic E-state index is 0.147. The molecule has 4 aromatic rings.